The Balaban J connectivity index is 1.66. The topological polar surface area (TPSA) is 89.7 Å². The van der Waals surface area contributed by atoms with Gasteiger partial charge in [-0.1, -0.05) is 30.3 Å². The van der Waals surface area contributed by atoms with Gasteiger partial charge in [0.05, 0.1) is 0 Å². The molecule has 0 aliphatic carbocycles. The fraction of sp³-hybridized carbons (Fsp3) is 0.150. The Morgan fingerprint density at radius 1 is 1.21 bits per heavy atom. The van der Waals surface area contributed by atoms with Crippen LogP contribution in [0.15, 0.2) is 63.7 Å². The van der Waals surface area contributed by atoms with Gasteiger partial charge in [0.1, 0.15) is 5.82 Å². The van der Waals surface area contributed by atoms with E-state index in [4.69, 9.17) is 10.2 Å². The lowest BCUT2D eigenvalue weighted by Crippen LogP contribution is -2.30. The molecule has 0 aliphatic heterocycles. The molecule has 0 radical (unpaired) electrons. The Morgan fingerprint density at radius 3 is 2.68 bits per heavy atom. The van der Waals surface area contributed by atoms with Gasteiger partial charge in [0, 0.05) is 18.7 Å². The molecule has 0 saturated carbocycles. The predicted molar refractivity (Wildman–Crippen MR) is 110 cm³/mol. The minimum Gasteiger partial charge on any atom is -0.446 e. The van der Waals surface area contributed by atoms with Gasteiger partial charge in [-0.05, 0) is 52.7 Å². The zero-order valence-corrected chi connectivity index (χ0v) is 16.8. The molecular formula is C20H18BrN5O2. The molecule has 0 fully saturated rings. The number of fused-ring (bicyclic) bond motifs is 1. The second kappa shape index (κ2) is 7.47. The molecule has 8 heteroatoms. The smallest absolute Gasteiger partial charge is 0.254 e. The predicted octanol–water partition coefficient (Wildman–Crippen LogP) is 4.00. The molecule has 0 bridgehead atoms. The van der Waals surface area contributed by atoms with Gasteiger partial charge in [-0.2, -0.15) is 4.52 Å². The van der Waals surface area contributed by atoms with Crippen LogP contribution in [0.1, 0.15) is 22.8 Å². The van der Waals surface area contributed by atoms with Crippen molar-refractivity contribution in [3.63, 3.8) is 0 Å². The third kappa shape index (κ3) is 3.50. The van der Waals surface area contributed by atoms with Gasteiger partial charge >= 0.3 is 0 Å². The molecule has 2 N–H and O–H groups in total. The van der Waals surface area contributed by atoms with E-state index in [0.29, 0.717) is 46.4 Å². The van der Waals surface area contributed by atoms with Crippen molar-refractivity contribution >= 4 is 33.3 Å². The summed E-state index contributed by atoms with van der Waals surface area (Å²) in [5, 5.41) is 4.37. The number of rotatable bonds is 5. The first-order valence-corrected chi connectivity index (χ1v) is 9.59. The molecule has 3 heterocycles. The van der Waals surface area contributed by atoms with Gasteiger partial charge in [-0.25, -0.2) is 4.98 Å². The van der Waals surface area contributed by atoms with Crippen LogP contribution < -0.4 is 5.73 Å². The van der Waals surface area contributed by atoms with Crippen molar-refractivity contribution in [2.24, 2.45) is 0 Å². The SMILES string of the molecule is CCN(Cc1ccccc1)C(=O)c1cc(N)n2nc(-c3ccc(Br)o3)nc2c1. The van der Waals surface area contributed by atoms with Crippen molar-refractivity contribution in [2.75, 3.05) is 12.3 Å². The summed E-state index contributed by atoms with van der Waals surface area (Å²) in [6.07, 6.45) is 0. The number of furan rings is 1. The van der Waals surface area contributed by atoms with E-state index in [2.05, 4.69) is 26.0 Å². The lowest BCUT2D eigenvalue weighted by atomic mass is 10.1. The second-order valence-electron chi connectivity index (χ2n) is 6.28. The molecule has 0 unspecified atom stereocenters. The van der Waals surface area contributed by atoms with E-state index < -0.39 is 0 Å². The average Bonchev–Trinajstić information content (AvgIpc) is 3.32. The van der Waals surface area contributed by atoms with Gasteiger partial charge in [0.2, 0.25) is 5.82 Å². The molecule has 0 aliphatic rings. The van der Waals surface area contributed by atoms with Crippen molar-refractivity contribution < 1.29 is 9.21 Å². The number of aromatic nitrogens is 3. The number of amides is 1. The zero-order valence-electron chi connectivity index (χ0n) is 15.2. The Labute approximate surface area is 169 Å². The van der Waals surface area contributed by atoms with E-state index >= 15 is 0 Å². The molecule has 142 valence electrons. The zero-order chi connectivity index (χ0) is 19.7. The van der Waals surface area contributed by atoms with E-state index in [1.54, 1.807) is 29.2 Å². The summed E-state index contributed by atoms with van der Waals surface area (Å²) in [6.45, 7) is 3.06. The minimum absolute atomic E-state index is 0.106. The van der Waals surface area contributed by atoms with Crippen LogP contribution >= 0.6 is 15.9 Å². The Kier molecular flexibility index (Phi) is 4.87. The van der Waals surface area contributed by atoms with E-state index in [0.717, 1.165) is 5.56 Å². The van der Waals surface area contributed by atoms with E-state index in [-0.39, 0.29) is 5.91 Å². The van der Waals surface area contributed by atoms with Crippen molar-refractivity contribution in [2.45, 2.75) is 13.5 Å². The number of nitrogens with two attached hydrogens (primary N) is 1. The van der Waals surface area contributed by atoms with Gasteiger partial charge in [-0.3, -0.25) is 4.79 Å². The first-order chi connectivity index (χ1) is 13.5. The summed E-state index contributed by atoms with van der Waals surface area (Å²) >= 11 is 3.27. The van der Waals surface area contributed by atoms with Crippen LogP contribution in [0.4, 0.5) is 5.82 Å². The van der Waals surface area contributed by atoms with Gasteiger partial charge in [-0.15, -0.1) is 5.10 Å². The largest absolute Gasteiger partial charge is 0.446 e. The average molecular weight is 440 g/mol. The van der Waals surface area contributed by atoms with E-state index in [9.17, 15) is 4.79 Å². The minimum atomic E-state index is -0.106. The van der Waals surface area contributed by atoms with Crippen molar-refractivity contribution in [1.82, 2.24) is 19.5 Å². The molecule has 4 rings (SSSR count). The van der Waals surface area contributed by atoms with E-state index in [1.165, 1.54) is 4.52 Å². The molecule has 7 nitrogen and oxygen atoms in total. The number of carbonyl (C=O) groups is 1. The van der Waals surface area contributed by atoms with Crippen LogP contribution in [-0.4, -0.2) is 31.9 Å². The number of benzene rings is 1. The monoisotopic (exact) mass is 439 g/mol. The van der Waals surface area contributed by atoms with Gasteiger partial charge in [0.25, 0.3) is 5.91 Å². The van der Waals surface area contributed by atoms with Crippen LogP contribution in [0.3, 0.4) is 0 Å². The Morgan fingerprint density at radius 2 is 2.00 bits per heavy atom. The molecule has 3 aromatic heterocycles. The molecule has 0 spiro atoms. The maximum Gasteiger partial charge on any atom is 0.254 e. The van der Waals surface area contributed by atoms with Crippen LogP contribution in [0, 0.1) is 0 Å². The van der Waals surface area contributed by atoms with Crippen molar-refractivity contribution in [3.8, 4) is 11.6 Å². The molecule has 4 aromatic rings. The number of nitrogen functional groups attached to an aromatic ring is 1. The highest BCUT2D eigenvalue weighted by Gasteiger charge is 2.19. The fourth-order valence-corrected chi connectivity index (χ4v) is 3.29. The lowest BCUT2D eigenvalue weighted by molar-refractivity contribution is 0.0752. The molecule has 1 aromatic carbocycles. The van der Waals surface area contributed by atoms with Crippen LogP contribution in [-0.2, 0) is 6.54 Å². The summed E-state index contributed by atoms with van der Waals surface area (Å²) in [7, 11) is 0. The first kappa shape index (κ1) is 18.2. The number of halogens is 1. The van der Waals surface area contributed by atoms with Crippen LogP contribution in [0.2, 0.25) is 0 Å². The van der Waals surface area contributed by atoms with Crippen LogP contribution in [0.25, 0.3) is 17.2 Å². The lowest BCUT2D eigenvalue weighted by Gasteiger charge is -2.21. The fourth-order valence-electron chi connectivity index (χ4n) is 2.98. The van der Waals surface area contributed by atoms with Crippen molar-refractivity contribution in [1.29, 1.82) is 0 Å². The van der Waals surface area contributed by atoms with Crippen molar-refractivity contribution in [3.05, 3.63) is 70.4 Å². The number of pyridine rings is 1. The normalized spacial score (nSPS) is 11.1. The van der Waals surface area contributed by atoms with Gasteiger partial charge < -0.3 is 15.1 Å². The molecular weight excluding hydrogens is 422 g/mol. The standard InChI is InChI=1S/C20H18BrN5O2/c1-2-25(12-13-6-4-3-5-7-13)20(27)14-10-17(22)26-18(11-14)23-19(24-26)15-8-9-16(21)28-15/h3-11H,2,12,22H2,1H3. The highest BCUT2D eigenvalue weighted by molar-refractivity contribution is 9.10. The summed E-state index contributed by atoms with van der Waals surface area (Å²) in [5.41, 5.74) is 8.17. The third-order valence-corrected chi connectivity index (χ3v) is 4.82. The van der Waals surface area contributed by atoms with Gasteiger partial charge in [0.15, 0.2) is 16.1 Å². The Bertz CT molecular complexity index is 1140. The molecule has 0 saturated heterocycles. The second-order valence-corrected chi connectivity index (χ2v) is 7.06. The number of hydrogen-bond donors (Lipinski definition) is 1. The molecule has 28 heavy (non-hydrogen) atoms. The first-order valence-electron chi connectivity index (χ1n) is 8.80. The number of nitrogens with zero attached hydrogens (tertiary/aromatic N) is 4. The summed E-state index contributed by atoms with van der Waals surface area (Å²) in [4.78, 5) is 19.3. The Hall–Kier alpha value is -3.13. The molecule has 1 amide bonds. The summed E-state index contributed by atoms with van der Waals surface area (Å²) < 4.78 is 7.58. The summed E-state index contributed by atoms with van der Waals surface area (Å²) in [5.74, 6) is 1.15. The highest BCUT2D eigenvalue weighted by Crippen LogP contribution is 2.24. The quantitative estimate of drug-likeness (QED) is 0.507. The highest BCUT2D eigenvalue weighted by atomic mass is 79.9. The number of anilines is 1. The maximum atomic E-state index is 13.0. The van der Waals surface area contributed by atoms with E-state index in [1.807, 2.05) is 37.3 Å². The maximum absolute atomic E-state index is 13.0. The molecule has 0 atom stereocenters. The number of carbonyl (C=O) groups excluding carboxylic acids is 1. The summed E-state index contributed by atoms with van der Waals surface area (Å²) in [6, 6.07) is 16.7. The third-order valence-electron chi connectivity index (χ3n) is 4.39. The van der Waals surface area contributed by atoms with Crippen LogP contribution in [0.5, 0.6) is 0 Å². The number of hydrogen-bond acceptors (Lipinski definition) is 5.